The van der Waals surface area contributed by atoms with E-state index in [1.807, 2.05) is 0 Å². The van der Waals surface area contributed by atoms with Gasteiger partial charge in [-0.3, -0.25) is 4.98 Å². The normalized spacial score (nSPS) is 23.6. The fourth-order valence-electron chi connectivity index (χ4n) is 3.72. The molecule has 2 saturated heterocycles. The number of rotatable bonds is 3. The van der Waals surface area contributed by atoms with Crippen molar-refractivity contribution in [1.29, 1.82) is 0 Å². The van der Waals surface area contributed by atoms with Crippen molar-refractivity contribution in [1.82, 2.24) is 19.3 Å². The zero-order valence-corrected chi connectivity index (χ0v) is 15.9. The van der Waals surface area contributed by atoms with Crippen LogP contribution in [0.25, 0.3) is 10.2 Å². The summed E-state index contributed by atoms with van der Waals surface area (Å²) in [6.45, 7) is 1.91. The largest absolute Gasteiger partial charge is 0.373 e. The van der Waals surface area contributed by atoms with E-state index in [4.69, 9.17) is 4.74 Å². The van der Waals surface area contributed by atoms with Crippen LogP contribution in [0, 0.1) is 0 Å². The smallest absolute Gasteiger partial charge is 0.243 e. The van der Waals surface area contributed by atoms with Crippen LogP contribution in [0.15, 0.2) is 47.2 Å². The molecule has 8 nitrogen and oxygen atoms in total. The van der Waals surface area contributed by atoms with Crippen molar-refractivity contribution < 1.29 is 13.2 Å². The molecule has 0 radical (unpaired) electrons. The van der Waals surface area contributed by atoms with Crippen molar-refractivity contribution >= 4 is 37.4 Å². The zero-order chi connectivity index (χ0) is 18.4. The fourth-order valence-corrected chi connectivity index (χ4v) is 6.01. The lowest BCUT2D eigenvalue weighted by Gasteiger charge is -2.37. The van der Waals surface area contributed by atoms with E-state index in [-0.39, 0.29) is 12.1 Å². The summed E-state index contributed by atoms with van der Waals surface area (Å²) in [5.74, 6) is 0.751. The first-order valence-electron chi connectivity index (χ1n) is 8.60. The highest BCUT2D eigenvalue weighted by Crippen LogP contribution is 2.31. The highest BCUT2D eigenvalue weighted by Gasteiger charge is 2.45. The molecule has 0 amide bonds. The number of ether oxygens (including phenoxy) is 1. The molecule has 2 aromatic heterocycles. The van der Waals surface area contributed by atoms with Gasteiger partial charge in [0.25, 0.3) is 0 Å². The lowest BCUT2D eigenvalue weighted by Crippen LogP contribution is -2.51. The number of morpholine rings is 1. The highest BCUT2D eigenvalue weighted by atomic mass is 32.2. The SMILES string of the molecule is O=S(=O)(c1ccc2ncsc2c1)N1C[C@@H]2OCCN(c3cnccn3)[C@H]2C1. The van der Waals surface area contributed by atoms with E-state index in [2.05, 4.69) is 19.9 Å². The Kier molecular flexibility index (Phi) is 4.08. The molecule has 27 heavy (non-hydrogen) atoms. The third-order valence-electron chi connectivity index (χ3n) is 5.05. The summed E-state index contributed by atoms with van der Waals surface area (Å²) in [6, 6.07) is 5.01. The minimum absolute atomic E-state index is 0.0719. The number of sulfonamides is 1. The second-order valence-electron chi connectivity index (χ2n) is 6.54. The molecule has 5 rings (SSSR count). The maximum atomic E-state index is 13.2. The number of aromatic nitrogens is 3. The Morgan fingerprint density at radius 1 is 1.19 bits per heavy atom. The summed E-state index contributed by atoms with van der Waals surface area (Å²) >= 11 is 1.44. The third-order valence-corrected chi connectivity index (χ3v) is 7.67. The zero-order valence-electron chi connectivity index (χ0n) is 14.3. The van der Waals surface area contributed by atoms with E-state index in [1.54, 1.807) is 42.3 Å². The third kappa shape index (κ3) is 2.89. The van der Waals surface area contributed by atoms with Gasteiger partial charge in [0.05, 0.1) is 45.6 Å². The molecule has 0 unspecified atom stereocenters. The average molecular weight is 403 g/mol. The minimum Gasteiger partial charge on any atom is -0.373 e. The fraction of sp³-hybridized carbons (Fsp3) is 0.353. The van der Waals surface area contributed by atoms with Crippen LogP contribution in [-0.4, -0.2) is 66.1 Å². The van der Waals surface area contributed by atoms with Crippen molar-refractivity contribution in [3.63, 3.8) is 0 Å². The summed E-state index contributed by atoms with van der Waals surface area (Å²) < 4.78 is 34.6. The van der Waals surface area contributed by atoms with E-state index in [0.29, 0.717) is 31.1 Å². The van der Waals surface area contributed by atoms with Crippen LogP contribution in [0.2, 0.25) is 0 Å². The standard InChI is InChI=1S/C17H17N5O3S2/c23-27(24,12-1-2-13-16(7-12)26-11-20-13)21-9-14-15(10-21)25-6-5-22(14)17-8-18-3-4-19-17/h1-4,7-8,11,14-15H,5-6,9-10H2/t14-,15-/m0/s1. The van der Waals surface area contributed by atoms with E-state index < -0.39 is 10.0 Å². The molecular formula is C17H17N5O3S2. The Balaban J connectivity index is 1.44. The number of fused-ring (bicyclic) bond motifs is 2. The quantitative estimate of drug-likeness (QED) is 0.652. The number of hydrogen-bond acceptors (Lipinski definition) is 8. The van der Waals surface area contributed by atoms with Gasteiger partial charge in [-0.15, -0.1) is 11.3 Å². The number of hydrogen-bond donors (Lipinski definition) is 0. The summed E-state index contributed by atoms with van der Waals surface area (Å²) in [4.78, 5) is 15.1. The number of nitrogens with zero attached hydrogens (tertiary/aromatic N) is 5. The molecular weight excluding hydrogens is 386 g/mol. The maximum absolute atomic E-state index is 13.2. The van der Waals surface area contributed by atoms with Gasteiger partial charge in [-0.25, -0.2) is 18.4 Å². The van der Waals surface area contributed by atoms with E-state index in [1.165, 1.54) is 15.6 Å². The van der Waals surface area contributed by atoms with Gasteiger partial charge in [0.1, 0.15) is 5.82 Å². The Labute approximate surface area is 160 Å². The molecule has 1 aromatic carbocycles. The van der Waals surface area contributed by atoms with Gasteiger partial charge in [0, 0.05) is 32.0 Å². The molecule has 3 aromatic rings. The van der Waals surface area contributed by atoms with Crippen LogP contribution in [0.1, 0.15) is 0 Å². The van der Waals surface area contributed by atoms with E-state index in [9.17, 15) is 8.42 Å². The van der Waals surface area contributed by atoms with Crippen LogP contribution in [0.3, 0.4) is 0 Å². The molecule has 2 fully saturated rings. The Hall–Kier alpha value is -2.14. The predicted molar refractivity (Wildman–Crippen MR) is 101 cm³/mol. The van der Waals surface area contributed by atoms with Gasteiger partial charge in [0.15, 0.2) is 0 Å². The van der Waals surface area contributed by atoms with Crippen molar-refractivity contribution in [3.8, 4) is 0 Å². The number of benzene rings is 1. The number of anilines is 1. The molecule has 4 heterocycles. The lowest BCUT2D eigenvalue weighted by atomic mass is 10.1. The van der Waals surface area contributed by atoms with Crippen LogP contribution < -0.4 is 4.90 Å². The molecule has 0 N–H and O–H groups in total. The summed E-state index contributed by atoms with van der Waals surface area (Å²) in [6.07, 6.45) is 4.80. The minimum atomic E-state index is -3.60. The first-order chi connectivity index (χ1) is 13.1. The van der Waals surface area contributed by atoms with Gasteiger partial charge in [-0.1, -0.05) is 0 Å². The van der Waals surface area contributed by atoms with Gasteiger partial charge in [-0.2, -0.15) is 4.31 Å². The summed E-state index contributed by atoms with van der Waals surface area (Å²) in [5, 5.41) is 0. The van der Waals surface area contributed by atoms with Gasteiger partial charge >= 0.3 is 0 Å². The first-order valence-corrected chi connectivity index (χ1v) is 10.9. The van der Waals surface area contributed by atoms with Crippen molar-refractivity contribution in [2.45, 2.75) is 17.0 Å². The molecule has 0 saturated carbocycles. The molecule has 2 aliphatic heterocycles. The topological polar surface area (TPSA) is 88.5 Å². The molecule has 0 bridgehead atoms. The Morgan fingerprint density at radius 3 is 2.96 bits per heavy atom. The molecule has 0 aliphatic carbocycles. The number of thiazole rings is 1. The lowest BCUT2D eigenvalue weighted by molar-refractivity contribution is 0.0328. The van der Waals surface area contributed by atoms with E-state index in [0.717, 1.165) is 16.0 Å². The van der Waals surface area contributed by atoms with Crippen molar-refractivity contribution in [2.75, 3.05) is 31.1 Å². The second-order valence-corrected chi connectivity index (χ2v) is 9.36. The second kappa shape index (κ2) is 6.48. The van der Waals surface area contributed by atoms with Crippen molar-refractivity contribution in [3.05, 3.63) is 42.3 Å². The monoisotopic (exact) mass is 403 g/mol. The summed E-state index contributed by atoms with van der Waals surface area (Å²) in [5.41, 5.74) is 2.53. The molecule has 2 aliphatic rings. The van der Waals surface area contributed by atoms with Gasteiger partial charge in [-0.05, 0) is 18.2 Å². The molecule has 2 atom stereocenters. The molecule has 140 valence electrons. The van der Waals surface area contributed by atoms with Crippen molar-refractivity contribution in [2.24, 2.45) is 0 Å². The van der Waals surface area contributed by atoms with Crippen LogP contribution in [0.4, 0.5) is 5.82 Å². The molecule has 0 spiro atoms. The molecule has 10 heteroatoms. The van der Waals surface area contributed by atoms with E-state index >= 15 is 0 Å². The van der Waals surface area contributed by atoms with Crippen LogP contribution in [0.5, 0.6) is 0 Å². The Morgan fingerprint density at radius 2 is 2.11 bits per heavy atom. The highest BCUT2D eigenvalue weighted by molar-refractivity contribution is 7.89. The van der Waals surface area contributed by atoms with Gasteiger partial charge < -0.3 is 9.64 Å². The average Bonchev–Trinajstić information content (AvgIpc) is 3.34. The maximum Gasteiger partial charge on any atom is 0.243 e. The Bertz CT molecular complexity index is 1070. The first kappa shape index (κ1) is 17.0. The predicted octanol–water partition coefficient (Wildman–Crippen LogP) is 1.36. The van der Waals surface area contributed by atoms with Gasteiger partial charge in [0.2, 0.25) is 10.0 Å². The summed E-state index contributed by atoms with van der Waals surface area (Å²) in [7, 11) is -3.60. The van der Waals surface area contributed by atoms with Crippen LogP contribution in [-0.2, 0) is 14.8 Å². The van der Waals surface area contributed by atoms with Crippen LogP contribution >= 0.6 is 11.3 Å².